The lowest BCUT2D eigenvalue weighted by atomic mass is 10.2. The average molecular weight is 283 g/mol. The van der Waals surface area contributed by atoms with E-state index in [0.29, 0.717) is 18.2 Å². The molecule has 0 atom stereocenters. The normalized spacial score (nSPS) is 11.2. The van der Waals surface area contributed by atoms with Crippen molar-refractivity contribution >= 4 is 11.6 Å². The first kappa shape index (κ1) is 14.0. The van der Waals surface area contributed by atoms with Gasteiger partial charge in [-0.05, 0) is 24.6 Å². The first-order chi connectivity index (χ1) is 9.08. The molecule has 0 amide bonds. The van der Waals surface area contributed by atoms with Crippen molar-refractivity contribution in [2.75, 3.05) is 6.54 Å². The molecule has 0 aliphatic heterocycles. The van der Waals surface area contributed by atoms with E-state index in [-0.39, 0.29) is 5.02 Å². The number of rotatable bonds is 5. The summed E-state index contributed by atoms with van der Waals surface area (Å²) in [5.41, 5.74) is 1.49. The molecule has 6 heteroatoms. The lowest BCUT2D eigenvalue weighted by Crippen LogP contribution is -2.20. The van der Waals surface area contributed by atoms with Gasteiger partial charge in [0.2, 0.25) is 0 Å². The van der Waals surface area contributed by atoms with Crippen LogP contribution < -0.4 is 5.32 Å². The topological polar surface area (TPSA) is 42.7 Å². The van der Waals surface area contributed by atoms with E-state index in [9.17, 15) is 4.39 Å². The maximum atomic E-state index is 13.5. The Hall–Kier alpha value is -1.46. The molecule has 1 aromatic heterocycles. The van der Waals surface area contributed by atoms with Crippen LogP contribution in [0.1, 0.15) is 19.5 Å². The molecule has 0 radical (unpaired) electrons. The molecule has 0 unspecified atom stereocenters. The van der Waals surface area contributed by atoms with Crippen LogP contribution in [-0.4, -0.2) is 21.5 Å². The minimum atomic E-state index is -0.462. The SMILES string of the molecule is CC(C)CNCc1cnnn1-c1ccc(Cl)c(F)c1. The van der Waals surface area contributed by atoms with E-state index in [1.807, 2.05) is 0 Å². The van der Waals surface area contributed by atoms with Gasteiger partial charge in [0, 0.05) is 12.6 Å². The first-order valence-electron chi connectivity index (χ1n) is 6.13. The highest BCUT2D eigenvalue weighted by Crippen LogP contribution is 2.18. The van der Waals surface area contributed by atoms with E-state index in [0.717, 1.165) is 12.2 Å². The van der Waals surface area contributed by atoms with E-state index in [1.54, 1.807) is 16.9 Å². The molecule has 2 aromatic rings. The zero-order valence-electron chi connectivity index (χ0n) is 10.9. The predicted octanol–water partition coefficient (Wildman–Crippen LogP) is 2.81. The summed E-state index contributed by atoms with van der Waals surface area (Å²) in [5, 5.41) is 11.2. The van der Waals surface area contributed by atoms with Crippen LogP contribution in [0.25, 0.3) is 5.69 Å². The molecule has 0 aliphatic carbocycles. The molecule has 1 N–H and O–H groups in total. The summed E-state index contributed by atoms with van der Waals surface area (Å²) in [6, 6.07) is 4.58. The molecule has 2 rings (SSSR count). The van der Waals surface area contributed by atoms with Crippen molar-refractivity contribution in [2.45, 2.75) is 20.4 Å². The third-order valence-electron chi connectivity index (χ3n) is 2.63. The second-order valence-corrected chi connectivity index (χ2v) is 5.17. The van der Waals surface area contributed by atoms with Crippen LogP contribution in [0.4, 0.5) is 4.39 Å². The Kier molecular flexibility index (Phi) is 4.50. The van der Waals surface area contributed by atoms with E-state index in [4.69, 9.17) is 11.6 Å². The summed E-state index contributed by atoms with van der Waals surface area (Å²) in [7, 11) is 0. The highest BCUT2D eigenvalue weighted by Gasteiger charge is 2.08. The summed E-state index contributed by atoms with van der Waals surface area (Å²) in [5.74, 6) is 0.105. The van der Waals surface area contributed by atoms with Gasteiger partial charge in [-0.1, -0.05) is 30.7 Å². The van der Waals surface area contributed by atoms with E-state index in [1.165, 1.54) is 12.1 Å². The van der Waals surface area contributed by atoms with Gasteiger partial charge in [0.05, 0.1) is 22.6 Å². The van der Waals surface area contributed by atoms with Gasteiger partial charge in [-0.2, -0.15) is 0 Å². The Morgan fingerprint density at radius 3 is 2.89 bits per heavy atom. The molecule has 0 fully saturated rings. The van der Waals surface area contributed by atoms with Crippen LogP contribution in [0.3, 0.4) is 0 Å². The Morgan fingerprint density at radius 2 is 2.21 bits per heavy atom. The average Bonchev–Trinajstić information content (AvgIpc) is 2.80. The standard InChI is InChI=1S/C13H16ClFN4/c1-9(2)6-16-7-11-8-17-18-19(11)10-3-4-12(14)13(15)5-10/h3-5,8-9,16H,6-7H2,1-2H3. The van der Waals surface area contributed by atoms with Gasteiger partial charge in [0.1, 0.15) is 5.82 Å². The fraction of sp³-hybridized carbons (Fsp3) is 0.385. The largest absolute Gasteiger partial charge is 0.311 e. The lowest BCUT2D eigenvalue weighted by molar-refractivity contribution is 0.542. The van der Waals surface area contributed by atoms with Crippen molar-refractivity contribution in [3.8, 4) is 5.69 Å². The van der Waals surface area contributed by atoms with E-state index in [2.05, 4.69) is 29.5 Å². The van der Waals surface area contributed by atoms with Crippen molar-refractivity contribution in [3.63, 3.8) is 0 Å². The second-order valence-electron chi connectivity index (χ2n) is 4.76. The zero-order chi connectivity index (χ0) is 13.8. The molecule has 0 saturated heterocycles. The molecule has 0 saturated carbocycles. The summed E-state index contributed by atoms with van der Waals surface area (Å²) >= 11 is 5.67. The summed E-state index contributed by atoms with van der Waals surface area (Å²) < 4.78 is 15.1. The van der Waals surface area contributed by atoms with Crippen molar-refractivity contribution in [2.24, 2.45) is 5.92 Å². The quantitative estimate of drug-likeness (QED) is 0.917. The smallest absolute Gasteiger partial charge is 0.143 e. The maximum Gasteiger partial charge on any atom is 0.143 e. The molecule has 0 aliphatic rings. The fourth-order valence-corrected chi connectivity index (χ4v) is 1.82. The molecular formula is C13H16ClFN4. The summed E-state index contributed by atoms with van der Waals surface area (Å²) in [6.07, 6.45) is 1.67. The van der Waals surface area contributed by atoms with Gasteiger partial charge in [-0.25, -0.2) is 9.07 Å². The van der Waals surface area contributed by atoms with Gasteiger partial charge >= 0.3 is 0 Å². The van der Waals surface area contributed by atoms with Crippen molar-refractivity contribution in [3.05, 3.63) is 40.9 Å². The van der Waals surface area contributed by atoms with Crippen molar-refractivity contribution < 1.29 is 4.39 Å². The minimum Gasteiger partial charge on any atom is -0.311 e. The van der Waals surface area contributed by atoms with Gasteiger partial charge in [-0.15, -0.1) is 5.10 Å². The Morgan fingerprint density at radius 1 is 1.42 bits per heavy atom. The van der Waals surface area contributed by atoms with Crippen LogP contribution in [-0.2, 0) is 6.54 Å². The van der Waals surface area contributed by atoms with E-state index >= 15 is 0 Å². The summed E-state index contributed by atoms with van der Waals surface area (Å²) in [4.78, 5) is 0. The Bertz CT molecular complexity index is 553. The van der Waals surface area contributed by atoms with Crippen LogP contribution >= 0.6 is 11.6 Å². The third kappa shape index (κ3) is 3.52. The molecule has 0 spiro atoms. The highest BCUT2D eigenvalue weighted by atomic mass is 35.5. The van der Waals surface area contributed by atoms with Gasteiger partial charge in [0.15, 0.2) is 0 Å². The number of hydrogen-bond donors (Lipinski definition) is 1. The second kappa shape index (κ2) is 6.12. The number of aromatic nitrogens is 3. The van der Waals surface area contributed by atoms with Crippen molar-refractivity contribution in [1.29, 1.82) is 0 Å². The monoisotopic (exact) mass is 282 g/mol. The number of nitrogens with one attached hydrogen (secondary N) is 1. The molecule has 4 nitrogen and oxygen atoms in total. The fourth-order valence-electron chi connectivity index (χ4n) is 1.70. The lowest BCUT2D eigenvalue weighted by Gasteiger charge is -2.09. The minimum absolute atomic E-state index is 0.100. The van der Waals surface area contributed by atoms with Crippen LogP contribution in [0.15, 0.2) is 24.4 Å². The van der Waals surface area contributed by atoms with Gasteiger partial charge in [0.25, 0.3) is 0 Å². The predicted molar refractivity (Wildman–Crippen MR) is 72.9 cm³/mol. The van der Waals surface area contributed by atoms with Crippen LogP contribution in [0.5, 0.6) is 0 Å². The third-order valence-corrected chi connectivity index (χ3v) is 2.93. The Labute approximate surface area is 116 Å². The van der Waals surface area contributed by atoms with Gasteiger partial charge in [-0.3, -0.25) is 0 Å². The summed E-state index contributed by atoms with van der Waals surface area (Å²) in [6.45, 7) is 5.81. The maximum absolute atomic E-state index is 13.5. The number of benzene rings is 1. The molecular weight excluding hydrogens is 267 g/mol. The van der Waals surface area contributed by atoms with Crippen molar-refractivity contribution in [1.82, 2.24) is 20.3 Å². The zero-order valence-corrected chi connectivity index (χ0v) is 11.7. The number of nitrogens with zero attached hydrogens (tertiary/aromatic N) is 3. The molecule has 1 heterocycles. The molecule has 102 valence electrons. The molecule has 19 heavy (non-hydrogen) atoms. The van der Waals surface area contributed by atoms with Gasteiger partial charge < -0.3 is 5.32 Å². The number of hydrogen-bond acceptors (Lipinski definition) is 3. The first-order valence-corrected chi connectivity index (χ1v) is 6.51. The van der Waals surface area contributed by atoms with E-state index < -0.39 is 5.82 Å². The number of halogens is 2. The van der Waals surface area contributed by atoms with Crippen LogP contribution in [0, 0.1) is 11.7 Å². The Balaban J connectivity index is 2.16. The molecule has 1 aromatic carbocycles. The molecule has 0 bridgehead atoms. The van der Waals surface area contributed by atoms with Crippen LogP contribution in [0.2, 0.25) is 5.02 Å². The highest BCUT2D eigenvalue weighted by molar-refractivity contribution is 6.30.